The third-order valence-electron chi connectivity index (χ3n) is 5.68. The van der Waals surface area contributed by atoms with Gasteiger partial charge in [-0.15, -0.1) is 24.2 Å². The number of ether oxygens (including phenoxy) is 2. The zero-order valence-corrected chi connectivity index (χ0v) is 16.4. The number of amides is 1. The molecular formula is C20H21ClN2O3S. The number of fused-ring (bicyclic) bond motifs is 1. The molecule has 1 fully saturated rings. The molecule has 142 valence electrons. The van der Waals surface area contributed by atoms with Crippen molar-refractivity contribution in [3.8, 4) is 11.5 Å². The van der Waals surface area contributed by atoms with Crippen LogP contribution in [0.4, 0.5) is 0 Å². The maximum atomic E-state index is 12.9. The number of hydrogen-bond acceptors (Lipinski definition) is 5. The highest BCUT2D eigenvalue weighted by Crippen LogP contribution is 2.57. The summed E-state index contributed by atoms with van der Waals surface area (Å²) in [7, 11) is 0. The number of carbonyl (C=O) groups is 1. The number of aliphatic imine (C=N–C) groups is 1. The van der Waals surface area contributed by atoms with E-state index in [-0.39, 0.29) is 35.8 Å². The van der Waals surface area contributed by atoms with Gasteiger partial charge >= 0.3 is 0 Å². The summed E-state index contributed by atoms with van der Waals surface area (Å²) >= 11 is 1.90. The molecule has 1 aromatic carbocycles. The van der Waals surface area contributed by atoms with Gasteiger partial charge in [0.15, 0.2) is 11.5 Å². The number of allylic oxidation sites excluding steroid dienone is 3. The molecule has 1 amide bonds. The summed E-state index contributed by atoms with van der Waals surface area (Å²) < 4.78 is 10.7. The van der Waals surface area contributed by atoms with Crippen molar-refractivity contribution < 1.29 is 14.3 Å². The van der Waals surface area contributed by atoms with Gasteiger partial charge < -0.3 is 14.8 Å². The standard InChI is InChI=1S/C20H20N2O3S.ClH/c23-19(22-10-13-4-5-16-17(9-13)25-12-24-16)14-11-26-20-7-2-1-3-18(20)21-8-6-15(14)20;/h1-5,8-9,14-15H,6-7,10-12H2,(H,22,23);1H. The first kappa shape index (κ1) is 18.4. The number of nitrogens with one attached hydrogen (secondary N) is 1. The van der Waals surface area contributed by atoms with E-state index < -0.39 is 0 Å². The maximum Gasteiger partial charge on any atom is 0.231 e. The smallest absolute Gasteiger partial charge is 0.231 e. The molecule has 3 atom stereocenters. The van der Waals surface area contributed by atoms with Crippen LogP contribution >= 0.6 is 24.2 Å². The molecular weight excluding hydrogens is 384 g/mol. The fourth-order valence-corrected chi connectivity index (χ4v) is 6.13. The van der Waals surface area contributed by atoms with Crippen molar-refractivity contribution in [1.82, 2.24) is 5.32 Å². The lowest BCUT2D eigenvalue weighted by Gasteiger charge is -2.39. The molecule has 1 N–H and O–H groups in total. The summed E-state index contributed by atoms with van der Waals surface area (Å²) in [6.45, 7) is 0.771. The van der Waals surface area contributed by atoms with Crippen molar-refractivity contribution in [1.29, 1.82) is 0 Å². The second-order valence-corrected chi connectivity index (χ2v) is 8.40. The predicted octanol–water partition coefficient (Wildman–Crippen LogP) is 3.49. The molecule has 5 nitrogen and oxygen atoms in total. The highest BCUT2D eigenvalue weighted by Gasteiger charge is 2.54. The van der Waals surface area contributed by atoms with Crippen LogP contribution in [0.1, 0.15) is 18.4 Å². The average Bonchev–Trinajstić information content (AvgIpc) is 3.29. The summed E-state index contributed by atoms with van der Waals surface area (Å²) in [5.74, 6) is 2.85. The van der Waals surface area contributed by atoms with Gasteiger partial charge in [0, 0.05) is 18.5 Å². The predicted molar refractivity (Wildman–Crippen MR) is 109 cm³/mol. The van der Waals surface area contributed by atoms with E-state index in [0.717, 1.165) is 41.4 Å². The Morgan fingerprint density at radius 1 is 1.33 bits per heavy atom. The van der Waals surface area contributed by atoms with Crippen molar-refractivity contribution in [3.63, 3.8) is 0 Å². The van der Waals surface area contributed by atoms with Gasteiger partial charge in [-0.05, 0) is 42.5 Å². The first-order chi connectivity index (χ1) is 12.8. The van der Waals surface area contributed by atoms with E-state index in [4.69, 9.17) is 9.47 Å². The van der Waals surface area contributed by atoms with E-state index in [2.05, 4.69) is 28.5 Å². The minimum Gasteiger partial charge on any atom is -0.454 e. The summed E-state index contributed by atoms with van der Waals surface area (Å²) in [5.41, 5.74) is 2.15. The molecule has 7 heteroatoms. The summed E-state index contributed by atoms with van der Waals surface area (Å²) in [4.78, 5) is 17.5. The first-order valence-corrected chi connectivity index (χ1v) is 9.95. The van der Waals surface area contributed by atoms with Gasteiger partial charge in [-0.25, -0.2) is 0 Å². The lowest BCUT2D eigenvalue weighted by atomic mass is 9.73. The van der Waals surface area contributed by atoms with Crippen LogP contribution in [0.3, 0.4) is 0 Å². The molecule has 1 saturated heterocycles. The topological polar surface area (TPSA) is 59.9 Å². The number of halogens is 1. The number of benzene rings is 1. The Hall–Kier alpha value is -1.92. The Balaban J connectivity index is 0.00000180. The lowest BCUT2D eigenvalue weighted by Crippen LogP contribution is -2.43. The Bertz CT molecular complexity index is 854. The molecule has 3 unspecified atom stereocenters. The SMILES string of the molecule is Cl.O=C(NCc1ccc2c(c1)OCO2)C1CSC23CC=CC=C2N=CCC13. The van der Waals surface area contributed by atoms with Crippen molar-refractivity contribution in [2.75, 3.05) is 12.5 Å². The zero-order valence-electron chi connectivity index (χ0n) is 14.7. The van der Waals surface area contributed by atoms with Crippen LogP contribution < -0.4 is 14.8 Å². The molecule has 0 bridgehead atoms. The highest BCUT2D eigenvalue weighted by molar-refractivity contribution is 8.01. The molecule has 0 aromatic heterocycles. The van der Waals surface area contributed by atoms with Crippen LogP contribution in [0.2, 0.25) is 0 Å². The molecule has 0 saturated carbocycles. The molecule has 4 aliphatic rings. The minimum atomic E-state index is -0.00967. The minimum absolute atomic E-state index is 0. The van der Waals surface area contributed by atoms with Crippen LogP contribution in [-0.2, 0) is 11.3 Å². The van der Waals surface area contributed by atoms with Crippen LogP contribution in [-0.4, -0.2) is 29.4 Å². The monoisotopic (exact) mass is 404 g/mol. The van der Waals surface area contributed by atoms with E-state index in [1.54, 1.807) is 0 Å². The molecule has 3 aliphatic heterocycles. The van der Waals surface area contributed by atoms with Crippen LogP contribution in [0.15, 0.2) is 47.1 Å². The van der Waals surface area contributed by atoms with Gasteiger partial charge in [0.1, 0.15) is 0 Å². The fraction of sp³-hybridized carbons (Fsp3) is 0.400. The fourth-order valence-electron chi connectivity index (χ4n) is 4.31. The number of nitrogens with zero attached hydrogens (tertiary/aromatic N) is 1. The van der Waals surface area contributed by atoms with Gasteiger partial charge in [-0.2, -0.15) is 0 Å². The largest absolute Gasteiger partial charge is 0.454 e. The number of thioether (sulfide) groups is 1. The van der Waals surface area contributed by atoms with Gasteiger partial charge in [0.2, 0.25) is 12.7 Å². The highest BCUT2D eigenvalue weighted by atomic mass is 35.5. The van der Waals surface area contributed by atoms with E-state index in [9.17, 15) is 4.79 Å². The molecule has 3 heterocycles. The summed E-state index contributed by atoms with van der Waals surface area (Å²) in [6, 6.07) is 5.81. The van der Waals surface area contributed by atoms with Crippen molar-refractivity contribution in [2.45, 2.75) is 24.1 Å². The quantitative estimate of drug-likeness (QED) is 0.837. The van der Waals surface area contributed by atoms with Crippen molar-refractivity contribution in [3.05, 3.63) is 47.7 Å². The van der Waals surface area contributed by atoms with Gasteiger partial charge in [-0.1, -0.05) is 18.2 Å². The first-order valence-electron chi connectivity index (χ1n) is 8.96. The molecule has 1 spiro atoms. The average molecular weight is 405 g/mol. The van der Waals surface area contributed by atoms with E-state index in [1.807, 2.05) is 36.2 Å². The van der Waals surface area contributed by atoms with Gasteiger partial charge in [0.05, 0.1) is 16.4 Å². The Labute approximate surface area is 168 Å². The second kappa shape index (κ2) is 7.24. The van der Waals surface area contributed by atoms with E-state index in [1.165, 1.54) is 0 Å². The second-order valence-electron chi connectivity index (χ2n) is 7.05. The Morgan fingerprint density at radius 2 is 2.22 bits per heavy atom. The van der Waals surface area contributed by atoms with Crippen molar-refractivity contribution in [2.24, 2.45) is 16.8 Å². The summed E-state index contributed by atoms with van der Waals surface area (Å²) in [6.07, 6.45) is 10.2. The Kier molecular flexibility index (Phi) is 4.95. The van der Waals surface area contributed by atoms with Crippen LogP contribution in [0.5, 0.6) is 11.5 Å². The molecule has 1 aromatic rings. The normalized spacial score (nSPS) is 29.4. The van der Waals surface area contributed by atoms with Crippen LogP contribution in [0.25, 0.3) is 0 Å². The number of hydrogen-bond donors (Lipinski definition) is 1. The maximum absolute atomic E-state index is 12.9. The number of carbonyl (C=O) groups excluding carboxylic acids is 1. The van der Waals surface area contributed by atoms with Crippen LogP contribution in [0, 0.1) is 11.8 Å². The lowest BCUT2D eigenvalue weighted by molar-refractivity contribution is -0.126. The van der Waals surface area contributed by atoms with Gasteiger partial charge in [0.25, 0.3) is 0 Å². The summed E-state index contributed by atoms with van der Waals surface area (Å²) in [5, 5.41) is 3.13. The van der Waals surface area contributed by atoms with E-state index >= 15 is 0 Å². The molecule has 5 rings (SSSR count). The Morgan fingerprint density at radius 3 is 3.15 bits per heavy atom. The number of rotatable bonds is 3. The molecule has 27 heavy (non-hydrogen) atoms. The third-order valence-corrected chi connectivity index (χ3v) is 7.40. The molecule has 1 aliphatic carbocycles. The van der Waals surface area contributed by atoms with Gasteiger partial charge in [-0.3, -0.25) is 9.79 Å². The zero-order chi connectivity index (χ0) is 17.6. The van der Waals surface area contributed by atoms with E-state index in [0.29, 0.717) is 12.5 Å². The third kappa shape index (κ3) is 3.05. The molecule has 0 radical (unpaired) electrons. The van der Waals surface area contributed by atoms with Crippen molar-refractivity contribution >= 4 is 36.3 Å².